The molecule has 2 fully saturated rings. The van der Waals surface area contributed by atoms with Crippen LogP contribution in [0.5, 0.6) is 5.75 Å². The lowest BCUT2D eigenvalue weighted by molar-refractivity contribution is 0.119. The minimum absolute atomic E-state index is 0. The van der Waals surface area contributed by atoms with Crippen molar-refractivity contribution in [1.82, 2.24) is 10.6 Å². The van der Waals surface area contributed by atoms with Gasteiger partial charge in [-0.25, -0.2) is 0 Å². The number of nitrogens with one attached hydrogen (secondary N) is 2. The Kier molecular flexibility index (Phi) is 8.47. The predicted octanol–water partition coefficient (Wildman–Crippen LogP) is 4.63. The Labute approximate surface area is 195 Å². The Morgan fingerprint density at radius 1 is 1.14 bits per heavy atom. The monoisotopic (exact) mass is 526 g/mol. The van der Waals surface area contributed by atoms with Gasteiger partial charge in [0.15, 0.2) is 5.96 Å². The highest BCUT2D eigenvalue weighted by atomic mass is 127. The van der Waals surface area contributed by atoms with Crippen molar-refractivity contribution < 1.29 is 4.74 Å². The van der Waals surface area contributed by atoms with Crippen LogP contribution in [0.25, 0.3) is 0 Å². The van der Waals surface area contributed by atoms with Crippen LogP contribution in [-0.2, 0) is 6.54 Å². The van der Waals surface area contributed by atoms with E-state index in [4.69, 9.17) is 4.74 Å². The summed E-state index contributed by atoms with van der Waals surface area (Å²) in [4.78, 5) is 6.91. The molecule has 2 N–H and O–H groups in total. The molecule has 29 heavy (non-hydrogen) atoms. The molecular weight excluding hydrogens is 495 g/mol. The number of guanidine groups is 1. The van der Waals surface area contributed by atoms with Gasteiger partial charge in [-0.1, -0.05) is 18.2 Å². The molecule has 7 heteroatoms. The van der Waals surface area contributed by atoms with Crippen molar-refractivity contribution in [2.24, 2.45) is 4.99 Å². The molecule has 158 valence electrons. The quantitative estimate of drug-likeness (QED) is 0.328. The van der Waals surface area contributed by atoms with Crippen LogP contribution in [-0.4, -0.2) is 38.2 Å². The van der Waals surface area contributed by atoms with Crippen molar-refractivity contribution in [3.63, 3.8) is 0 Å². The van der Waals surface area contributed by atoms with Gasteiger partial charge in [0.1, 0.15) is 5.75 Å². The standard InChI is InChI=1S/C22H30N4OS.HI/c1-23-22(25-18-11-13-26(14-12-18)21-10-5-15-28-21)24-16-17-6-2-3-9-20(17)27-19-7-4-8-19;/h2-3,5-6,9-10,15,18-19H,4,7-8,11-14,16H2,1H3,(H2,23,24,25);1H. The molecule has 1 aliphatic carbocycles. The van der Waals surface area contributed by atoms with Gasteiger partial charge in [-0.3, -0.25) is 4.99 Å². The molecule has 4 rings (SSSR count). The zero-order chi connectivity index (χ0) is 19.2. The van der Waals surface area contributed by atoms with E-state index in [1.165, 1.54) is 29.8 Å². The molecule has 1 saturated carbocycles. The third-order valence-electron chi connectivity index (χ3n) is 5.64. The van der Waals surface area contributed by atoms with Crippen molar-refractivity contribution >= 4 is 46.3 Å². The third-order valence-corrected chi connectivity index (χ3v) is 6.57. The summed E-state index contributed by atoms with van der Waals surface area (Å²) in [5.74, 6) is 1.87. The van der Waals surface area contributed by atoms with Crippen LogP contribution < -0.4 is 20.3 Å². The van der Waals surface area contributed by atoms with Crippen LogP contribution >= 0.6 is 35.3 Å². The van der Waals surface area contributed by atoms with E-state index in [-0.39, 0.29) is 24.0 Å². The second kappa shape index (κ2) is 11.1. The summed E-state index contributed by atoms with van der Waals surface area (Å²) in [6.45, 7) is 2.90. The Balaban J connectivity index is 0.00000240. The maximum Gasteiger partial charge on any atom is 0.191 e. The second-order valence-corrected chi connectivity index (χ2v) is 8.49. The molecular formula is C22H31IN4OS. The minimum atomic E-state index is 0. The lowest BCUT2D eigenvalue weighted by Crippen LogP contribution is -2.48. The van der Waals surface area contributed by atoms with Crippen molar-refractivity contribution in [2.75, 3.05) is 25.0 Å². The number of piperidine rings is 1. The van der Waals surface area contributed by atoms with Crippen LogP contribution in [0.4, 0.5) is 5.00 Å². The molecule has 1 aromatic heterocycles. The second-order valence-electron chi connectivity index (χ2n) is 7.56. The zero-order valence-electron chi connectivity index (χ0n) is 17.0. The maximum atomic E-state index is 6.14. The van der Waals surface area contributed by atoms with Gasteiger partial charge in [0.25, 0.3) is 0 Å². The van der Waals surface area contributed by atoms with Crippen LogP contribution in [0.2, 0.25) is 0 Å². The van der Waals surface area contributed by atoms with Gasteiger partial charge < -0.3 is 20.3 Å². The Bertz CT molecular complexity index is 771. The Morgan fingerprint density at radius 2 is 1.93 bits per heavy atom. The summed E-state index contributed by atoms with van der Waals surface area (Å²) in [7, 11) is 1.84. The fourth-order valence-electron chi connectivity index (χ4n) is 3.69. The van der Waals surface area contributed by atoms with Gasteiger partial charge >= 0.3 is 0 Å². The third kappa shape index (κ3) is 6.01. The fourth-order valence-corrected chi connectivity index (χ4v) is 4.48. The molecule has 0 radical (unpaired) electrons. The molecule has 2 heterocycles. The van der Waals surface area contributed by atoms with E-state index >= 15 is 0 Å². The molecule has 1 aliphatic heterocycles. The number of hydrogen-bond acceptors (Lipinski definition) is 4. The molecule has 1 saturated heterocycles. The topological polar surface area (TPSA) is 48.9 Å². The van der Waals surface area contributed by atoms with Gasteiger partial charge in [-0.15, -0.1) is 35.3 Å². The fraction of sp³-hybridized carbons (Fsp3) is 0.500. The number of thiophene rings is 1. The number of aliphatic imine (C=N–C) groups is 1. The van der Waals surface area contributed by atoms with Crippen LogP contribution in [0.1, 0.15) is 37.7 Å². The van der Waals surface area contributed by atoms with Crippen molar-refractivity contribution in [1.29, 1.82) is 0 Å². The first kappa shape index (κ1) is 22.2. The van der Waals surface area contributed by atoms with Crippen LogP contribution in [0.3, 0.4) is 0 Å². The van der Waals surface area contributed by atoms with Gasteiger partial charge in [0.2, 0.25) is 0 Å². The van der Waals surface area contributed by atoms with E-state index in [0.717, 1.165) is 44.2 Å². The first-order valence-electron chi connectivity index (χ1n) is 10.3. The van der Waals surface area contributed by atoms with E-state index in [9.17, 15) is 0 Å². The number of anilines is 1. The summed E-state index contributed by atoms with van der Waals surface area (Å²) in [6.07, 6.45) is 6.28. The van der Waals surface area contributed by atoms with E-state index in [0.29, 0.717) is 12.1 Å². The summed E-state index contributed by atoms with van der Waals surface area (Å²) in [5.41, 5.74) is 1.19. The predicted molar refractivity (Wildman–Crippen MR) is 133 cm³/mol. The highest BCUT2D eigenvalue weighted by Gasteiger charge is 2.22. The highest BCUT2D eigenvalue weighted by Crippen LogP contribution is 2.27. The molecule has 0 spiro atoms. The molecule has 0 atom stereocenters. The number of rotatable bonds is 6. The number of para-hydroxylation sites is 1. The highest BCUT2D eigenvalue weighted by molar-refractivity contribution is 14.0. The summed E-state index contributed by atoms with van der Waals surface area (Å²) >= 11 is 1.82. The van der Waals surface area contributed by atoms with Gasteiger partial charge in [-0.2, -0.15) is 0 Å². The number of benzene rings is 1. The number of halogens is 1. The minimum Gasteiger partial charge on any atom is -0.490 e. The van der Waals surface area contributed by atoms with Gasteiger partial charge in [-0.05, 0) is 55.7 Å². The lowest BCUT2D eigenvalue weighted by Gasteiger charge is -2.33. The smallest absolute Gasteiger partial charge is 0.191 e. The zero-order valence-corrected chi connectivity index (χ0v) is 20.1. The Hall–Kier alpha value is -1.48. The molecule has 0 bridgehead atoms. The average Bonchev–Trinajstić information content (AvgIpc) is 3.24. The molecule has 0 unspecified atom stereocenters. The largest absolute Gasteiger partial charge is 0.490 e. The summed E-state index contributed by atoms with van der Waals surface area (Å²) in [5, 5.41) is 10.6. The molecule has 0 amide bonds. The normalized spacial score (nSPS) is 18.0. The molecule has 2 aliphatic rings. The number of hydrogen-bond donors (Lipinski definition) is 2. The van der Waals surface area contributed by atoms with E-state index in [1.54, 1.807) is 0 Å². The lowest BCUT2D eigenvalue weighted by atomic mass is 9.96. The summed E-state index contributed by atoms with van der Waals surface area (Å²) in [6, 6.07) is 13.1. The van der Waals surface area contributed by atoms with Crippen molar-refractivity contribution in [3.8, 4) is 5.75 Å². The Morgan fingerprint density at radius 3 is 2.59 bits per heavy atom. The first-order chi connectivity index (χ1) is 13.8. The van der Waals surface area contributed by atoms with Gasteiger partial charge in [0, 0.05) is 38.3 Å². The van der Waals surface area contributed by atoms with E-state index < -0.39 is 0 Å². The number of ether oxygens (including phenoxy) is 1. The average molecular weight is 526 g/mol. The van der Waals surface area contributed by atoms with Crippen LogP contribution in [0, 0.1) is 0 Å². The first-order valence-corrected chi connectivity index (χ1v) is 11.2. The van der Waals surface area contributed by atoms with Crippen molar-refractivity contribution in [2.45, 2.75) is 50.8 Å². The maximum absolute atomic E-state index is 6.14. The van der Waals surface area contributed by atoms with E-state index in [2.05, 4.69) is 56.2 Å². The molecule has 5 nitrogen and oxygen atoms in total. The van der Waals surface area contributed by atoms with Crippen LogP contribution in [0.15, 0.2) is 46.8 Å². The van der Waals surface area contributed by atoms with E-state index in [1.807, 2.05) is 24.5 Å². The summed E-state index contributed by atoms with van der Waals surface area (Å²) < 4.78 is 6.14. The molecule has 1 aromatic carbocycles. The van der Waals surface area contributed by atoms with Gasteiger partial charge in [0.05, 0.1) is 11.1 Å². The van der Waals surface area contributed by atoms with Crippen molar-refractivity contribution in [3.05, 3.63) is 47.3 Å². The molecule has 2 aromatic rings. The number of nitrogens with zero attached hydrogens (tertiary/aromatic N) is 2. The SMILES string of the molecule is CN=C(NCc1ccccc1OC1CCC1)NC1CCN(c2cccs2)CC1.I.